The minimum absolute atomic E-state index is 0.0859. The molecule has 0 fully saturated rings. The van der Waals surface area contributed by atoms with Gasteiger partial charge in [0.1, 0.15) is 6.54 Å². The van der Waals surface area contributed by atoms with Crippen molar-refractivity contribution < 1.29 is 14.5 Å². The van der Waals surface area contributed by atoms with Crippen LogP contribution in [-0.4, -0.2) is 27.9 Å². The molecule has 0 saturated carbocycles. The minimum Gasteiger partial charge on any atom is -0.481 e. The van der Waals surface area contributed by atoms with E-state index in [2.05, 4.69) is 61.0 Å². The van der Waals surface area contributed by atoms with E-state index in [0.29, 0.717) is 0 Å². The molecule has 0 bridgehead atoms. The fourth-order valence-corrected chi connectivity index (χ4v) is 4.26. The zero-order chi connectivity index (χ0) is 23.7. The molecule has 0 saturated heterocycles. The lowest BCUT2D eigenvalue weighted by Gasteiger charge is -2.15. The summed E-state index contributed by atoms with van der Waals surface area (Å²) in [5.41, 5.74) is 6.13. The first kappa shape index (κ1) is 24.2. The lowest BCUT2D eigenvalue weighted by Crippen LogP contribution is -2.28. The summed E-state index contributed by atoms with van der Waals surface area (Å²) in [6, 6.07) is 16.8. The number of nitrogens with zero attached hydrogens (tertiary/aromatic N) is 1. The van der Waals surface area contributed by atoms with Crippen LogP contribution in [0.25, 0.3) is 0 Å². The van der Waals surface area contributed by atoms with Gasteiger partial charge in [0.05, 0.1) is 5.41 Å². The zero-order valence-electron chi connectivity index (χ0n) is 19.9. The van der Waals surface area contributed by atoms with Crippen LogP contribution in [0.3, 0.4) is 0 Å². The van der Waals surface area contributed by atoms with Crippen LogP contribution in [0.2, 0.25) is 0 Å². The fraction of sp³-hybridized carbons (Fsp3) is 0.310. The Hall–Kier alpha value is -3.40. The molecule has 172 valence electrons. The SMILES string of the molecule is Cc1ccc2c(c1)C(C)(C)C(/C=C/C=C/C=C/Nc1ccccc1)=[N+]2CCCCCC(=O)O. The molecule has 2 aromatic rings. The predicted octanol–water partition coefficient (Wildman–Crippen LogP) is 6.75. The van der Waals surface area contributed by atoms with Crippen LogP contribution in [0.1, 0.15) is 50.7 Å². The number of carbonyl (C=O) groups is 1. The maximum Gasteiger partial charge on any atom is 0.303 e. The number of hydrogen-bond acceptors (Lipinski definition) is 2. The van der Waals surface area contributed by atoms with Crippen molar-refractivity contribution in [1.29, 1.82) is 0 Å². The summed E-state index contributed by atoms with van der Waals surface area (Å²) >= 11 is 0. The van der Waals surface area contributed by atoms with Gasteiger partial charge < -0.3 is 10.4 Å². The molecule has 33 heavy (non-hydrogen) atoms. The summed E-state index contributed by atoms with van der Waals surface area (Å²) in [6.45, 7) is 7.59. The molecule has 2 aromatic carbocycles. The van der Waals surface area contributed by atoms with Gasteiger partial charge in [-0.25, -0.2) is 0 Å². The molecule has 2 N–H and O–H groups in total. The van der Waals surface area contributed by atoms with E-state index in [1.165, 1.54) is 22.5 Å². The number of anilines is 1. The van der Waals surface area contributed by atoms with Gasteiger partial charge >= 0.3 is 5.97 Å². The Kier molecular flexibility index (Phi) is 8.42. The van der Waals surface area contributed by atoms with Crippen LogP contribution in [0.15, 0.2) is 85.1 Å². The highest BCUT2D eigenvalue weighted by molar-refractivity contribution is 6.03. The molecule has 3 rings (SSSR count). The van der Waals surface area contributed by atoms with Crippen molar-refractivity contribution in [3.8, 4) is 0 Å². The lowest BCUT2D eigenvalue weighted by atomic mass is 9.81. The first-order valence-electron chi connectivity index (χ1n) is 11.7. The second kappa shape index (κ2) is 11.5. The summed E-state index contributed by atoms with van der Waals surface area (Å²) in [4.78, 5) is 10.8. The molecule has 0 aromatic heterocycles. The average Bonchev–Trinajstić information content (AvgIpc) is 2.99. The highest BCUT2D eigenvalue weighted by Crippen LogP contribution is 2.40. The molecule has 0 atom stereocenters. The van der Waals surface area contributed by atoms with E-state index < -0.39 is 5.97 Å². The molecule has 0 aliphatic carbocycles. The van der Waals surface area contributed by atoms with Crippen LogP contribution in [0.4, 0.5) is 11.4 Å². The number of fused-ring (bicyclic) bond motifs is 1. The third-order valence-electron chi connectivity index (χ3n) is 6.03. The molecular weight excluding hydrogens is 408 g/mol. The van der Waals surface area contributed by atoms with Crippen LogP contribution in [0, 0.1) is 6.92 Å². The van der Waals surface area contributed by atoms with Crippen molar-refractivity contribution in [2.45, 2.75) is 51.9 Å². The molecule has 0 amide bonds. The third kappa shape index (κ3) is 6.55. The quantitative estimate of drug-likeness (QED) is 0.229. The summed E-state index contributed by atoms with van der Waals surface area (Å²) in [6.07, 6.45) is 15.1. The number of allylic oxidation sites excluding steroid dienone is 5. The molecule has 4 nitrogen and oxygen atoms in total. The Balaban J connectivity index is 1.71. The molecule has 1 heterocycles. The number of unbranched alkanes of at least 4 members (excludes halogenated alkanes) is 2. The average molecular weight is 444 g/mol. The number of nitrogens with one attached hydrogen (secondary N) is 1. The van der Waals surface area contributed by atoms with Gasteiger partial charge in [-0.1, -0.05) is 48.1 Å². The Morgan fingerprint density at radius 2 is 1.76 bits per heavy atom. The summed E-state index contributed by atoms with van der Waals surface area (Å²) in [5, 5.41) is 12.1. The van der Waals surface area contributed by atoms with Crippen molar-refractivity contribution in [2.75, 3.05) is 11.9 Å². The van der Waals surface area contributed by atoms with Crippen molar-refractivity contribution in [3.05, 3.63) is 96.2 Å². The molecule has 1 aliphatic rings. The normalized spacial score (nSPS) is 15.1. The van der Waals surface area contributed by atoms with Gasteiger partial charge in [-0.05, 0) is 57.9 Å². The van der Waals surface area contributed by atoms with E-state index in [0.717, 1.165) is 31.5 Å². The van der Waals surface area contributed by atoms with E-state index in [1.54, 1.807) is 0 Å². The van der Waals surface area contributed by atoms with Gasteiger partial charge in [0.15, 0.2) is 5.71 Å². The smallest absolute Gasteiger partial charge is 0.303 e. The number of hydrogen-bond donors (Lipinski definition) is 2. The number of carboxylic acid groups (broad SMARTS) is 1. The van der Waals surface area contributed by atoms with Gasteiger partial charge in [0, 0.05) is 42.4 Å². The number of rotatable bonds is 11. The standard InChI is InChI=1S/C29H34N2O2/c1-23-18-19-26-25(22-23)29(2,3)27(31(26)21-13-7-11-17-28(32)33)16-10-4-5-12-20-30-24-14-8-6-9-15-24/h4-6,8-10,12,14-16,18-20,22H,7,11,13,17,21H2,1-3H3,(H,32,33)/p+1. The van der Waals surface area contributed by atoms with Crippen molar-refractivity contribution in [2.24, 2.45) is 0 Å². The molecular formula is C29H35N2O2+. The second-order valence-electron chi connectivity index (χ2n) is 9.00. The van der Waals surface area contributed by atoms with Gasteiger partial charge in [0.25, 0.3) is 0 Å². The van der Waals surface area contributed by atoms with Crippen molar-refractivity contribution >= 4 is 23.1 Å². The van der Waals surface area contributed by atoms with Crippen molar-refractivity contribution in [3.63, 3.8) is 0 Å². The van der Waals surface area contributed by atoms with Crippen LogP contribution in [-0.2, 0) is 10.2 Å². The lowest BCUT2D eigenvalue weighted by molar-refractivity contribution is -0.438. The molecule has 0 radical (unpaired) electrons. The van der Waals surface area contributed by atoms with E-state index in [1.807, 2.05) is 54.8 Å². The summed E-state index contributed by atoms with van der Waals surface area (Å²) in [5.74, 6) is -0.715. The van der Waals surface area contributed by atoms with E-state index in [4.69, 9.17) is 5.11 Å². The van der Waals surface area contributed by atoms with Crippen LogP contribution < -0.4 is 5.32 Å². The second-order valence-corrected chi connectivity index (χ2v) is 9.00. The molecule has 0 unspecified atom stereocenters. The topological polar surface area (TPSA) is 52.3 Å². The molecule has 1 aliphatic heterocycles. The Morgan fingerprint density at radius 3 is 2.52 bits per heavy atom. The van der Waals surface area contributed by atoms with Gasteiger partial charge in [-0.2, -0.15) is 4.58 Å². The number of para-hydroxylation sites is 1. The van der Waals surface area contributed by atoms with Gasteiger partial charge in [0.2, 0.25) is 5.69 Å². The van der Waals surface area contributed by atoms with Gasteiger partial charge in [-0.15, -0.1) is 0 Å². The van der Waals surface area contributed by atoms with Crippen LogP contribution in [0.5, 0.6) is 0 Å². The third-order valence-corrected chi connectivity index (χ3v) is 6.03. The van der Waals surface area contributed by atoms with E-state index in [9.17, 15) is 4.79 Å². The Labute approximate surface area is 197 Å². The minimum atomic E-state index is -0.715. The molecule has 0 spiro atoms. The van der Waals surface area contributed by atoms with E-state index in [-0.39, 0.29) is 11.8 Å². The first-order chi connectivity index (χ1) is 15.9. The number of aryl methyl sites for hydroxylation is 1. The van der Waals surface area contributed by atoms with Crippen LogP contribution >= 0.6 is 0 Å². The first-order valence-corrected chi connectivity index (χ1v) is 11.7. The number of aliphatic carboxylic acids is 1. The predicted molar refractivity (Wildman–Crippen MR) is 138 cm³/mol. The maximum atomic E-state index is 10.8. The Bertz CT molecular complexity index is 1080. The zero-order valence-corrected chi connectivity index (χ0v) is 19.9. The number of carboxylic acids is 1. The van der Waals surface area contributed by atoms with E-state index >= 15 is 0 Å². The maximum absolute atomic E-state index is 10.8. The van der Waals surface area contributed by atoms with Gasteiger partial charge in [-0.3, -0.25) is 4.79 Å². The highest BCUT2D eigenvalue weighted by atomic mass is 16.4. The summed E-state index contributed by atoms with van der Waals surface area (Å²) < 4.78 is 2.41. The fourth-order valence-electron chi connectivity index (χ4n) is 4.26. The van der Waals surface area contributed by atoms with Crippen molar-refractivity contribution in [1.82, 2.24) is 0 Å². The number of benzene rings is 2. The molecule has 4 heteroatoms. The largest absolute Gasteiger partial charge is 0.481 e. The Morgan fingerprint density at radius 1 is 1.00 bits per heavy atom. The highest BCUT2D eigenvalue weighted by Gasteiger charge is 2.43. The monoisotopic (exact) mass is 443 g/mol. The summed E-state index contributed by atoms with van der Waals surface area (Å²) in [7, 11) is 0.